The molecule has 0 bridgehead atoms. The number of rotatable bonds is 9. The molecule has 0 saturated carbocycles. The molecule has 0 amide bonds. The largest absolute Gasteiger partial charge is 0.873 e. The summed E-state index contributed by atoms with van der Waals surface area (Å²) in [6.07, 6.45) is 0. The highest BCUT2D eigenvalue weighted by Crippen LogP contribution is 2.69. The molecule has 3 rings (SSSR count). The summed E-state index contributed by atoms with van der Waals surface area (Å²) in [5.41, 5.74) is 0. The van der Waals surface area contributed by atoms with E-state index in [-0.39, 0.29) is 17.4 Å². The first-order chi connectivity index (χ1) is 18.6. The summed E-state index contributed by atoms with van der Waals surface area (Å²) in [7, 11) is -7.53. The van der Waals surface area contributed by atoms with E-state index in [0.29, 0.717) is 0 Å². The number of carbonyl (C=O) groups excluding carboxylic acids is 1. The van der Waals surface area contributed by atoms with Gasteiger partial charge in [-0.1, -0.05) is 119 Å². The Morgan fingerprint density at radius 2 is 1.07 bits per heavy atom. The van der Waals surface area contributed by atoms with Crippen molar-refractivity contribution in [3.8, 4) is 0 Å². The summed E-state index contributed by atoms with van der Waals surface area (Å²) in [6, 6.07) is 30.7. The van der Waals surface area contributed by atoms with E-state index in [1.807, 2.05) is 68.4 Å². The predicted molar refractivity (Wildman–Crippen MR) is 178 cm³/mol. The van der Waals surface area contributed by atoms with Crippen molar-refractivity contribution in [2.24, 2.45) is 0 Å². The average Bonchev–Trinajstić information content (AvgIpc) is 2.89. The van der Waals surface area contributed by atoms with Crippen LogP contribution in [0.15, 0.2) is 102 Å². The monoisotopic (exact) mass is 590 g/mol. The summed E-state index contributed by atoms with van der Waals surface area (Å²) < 4.78 is 5.95. The smallest absolute Gasteiger partial charge is 0.354 e. The molecule has 0 aromatic heterocycles. The van der Waals surface area contributed by atoms with E-state index in [1.54, 1.807) is 0 Å². The minimum Gasteiger partial charge on any atom is -0.873 e. The molecule has 6 heteroatoms. The molecule has 0 fully saturated rings. The molecular formula is C34H47O3PSi2. The highest BCUT2D eigenvalue weighted by atomic mass is 31.2. The molecule has 0 heterocycles. The van der Waals surface area contributed by atoms with E-state index in [9.17, 15) is 4.79 Å². The van der Waals surface area contributed by atoms with Crippen LogP contribution in [0.4, 0.5) is 0 Å². The zero-order valence-corrected chi connectivity index (χ0v) is 28.9. The van der Waals surface area contributed by atoms with Gasteiger partial charge >= 0.3 is 5.97 Å². The number of hydrogen-bond acceptors (Lipinski definition) is 3. The Kier molecular flexibility index (Phi) is 9.45. The first-order valence-electron chi connectivity index (χ1n) is 14.2. The van der Waals surface area contributed by atoms with Gasteiger partial charge in [-0.15, -0.1) is 0 Å². The Bertz CT molecular complexity index is 1230. The zero-order chi connectivity index (χ0) is 30.0. The quantitative estimate of drug-likeness (QED) is 0.119. The zero-order valence-electron chi connectivity index (χ0n) is 26.0. The van der Waals surface area contributed by atoms with E-state index in [4.69, 9.17) is 4.74 Å². The van der Waals surface area contributed by atoms with Crippen LogP contribution >= 0.6 is 7.26 Å². The van der Waals surface area contributed by atoms with Crippen LogP contribution in [0.1, 0.15) is 34.6 Å². The Balaban J connectivity index is 2.73. The lowest BCUT2D eigenvalue weighted by Gasteiger charge is -2.51. The minimum absolute atomic E-state index is 0.0124. The topological polar surface area (TPSA) is 49.4 Å². The lowest BCUT2D eigenvalue weighted by atomic mass is 10.1. The SMILES string of the molecule is CCOC(=O)C(C)(/C([O-])=C(\[Si](C)(C)C)[Si](C)(C)C(C)(C)C)[P+](c1ccccc1)(c1ccccc1)c1ccccc1. The molecule has 214 valence electrons. The van der Waals surface area contributed by atoms with Gasteiger partial charge in [-0.05, 0) is 55.3 Å². The second kappa shape index (κ2) is 11.8. The second-order valence-electron chi connectivity index (χ2n) is 13.3. The molecule has 3 aromatic carbocycles. The molecule has 1 unspecified atom stereocenters. The van der Waals surface area contributed by atoms with Gasteiger partial charge in [0.1, 0.15) is 23.2 Å². The molecule has 0 aliphatic rings. The van der Waals surface area contributed by atoms with Gasteiger partial charge in [0.05, 0.1) is 22.8 Å². The normalized spacial score (nSPS) is 15.2. The maximum absolute atomic E-state index is 15.7. The summed E-state index contributed by atoms with van der Waals surface area (Å²) in [5, 5.41) is 17.2. The van der Waals surface area contributed by atoms with Crippen molar-refractivity contribution in [3.63, 3.8) is 0 Å². The van der Waals surface area contributed by atoms with Gasteiger partial charge in [-0.25, -0.2) is 4.79 Å². The van der Waals surface area contributed by atoms with E-state index in [1.165, 1.54) is 0 Å². The molecule has 0 radical (unpaired) electrons. The third kappa shape index (κ3) is 5.41. The molecule has 0 N–H and O–H groups in total. The Morgan fingerprint density at radius 3 is 1.35 bits per heavy atom. The van der Waals surface area contributed by atoms with E-state index >= 15 is 5.11 Å². The first-order valence-corrected chi connectivity index (χ1v) is 22.5. The van der Waals surface area contributed by atoms with Gasteiger partial charge in [0.2, 0.25) is 0 Å². The summed E-state index contributed by atoms with van der Waals surface area (Å²) in [4.78, 5) is 15.7. The summed E-state index contributed by atoms with van der Waals surface area (Å²) in [6.45, 7) is 22.1. The Hall–Kier alpha value is -2.47. The van der Waals surface area contributed by atoms with Gasteiger partial charge in [-0.3, -0.25) is 0 Å². The van der Waals surface area contributed by atoms with Crippen LogP contribution in [0.25, 0.3) is 0 Å². The van der Waals surface area contributed by atoms with Crippen molar-refractivity contribution < 1.29 is 14.6 Å². The fourth-order valence-electron chi connectivity index (χ4n) is 6.01. The van der Waals surface area contributed by atoms with Crippen molar-refractivity contribution in [2.45, 2.75) is 77.5 Å². The fourth-order valence-corrected chi connectivity index (χ4v) is 22.4. The maximum atomic E-state index is 15.7. The van der Waals surface area contributed by atoms with Gasteiger partial charge in [0.15, 0.2) is 5.16 Å². The van der Waals surface area contributed by atoms with Crippen molar-refractivity contribution in [3.05, 3.63) is 102 Å². The number of carbonyl (C=O) groups is 1. The van der Waals surface area contributed by atoms with Crippen LogP contribution in [-0.4, -0.2) is 33.9 Å². The van der Waals surface area contributed by atoms with E-state index in [2.05, 4.69) is 89.9 Å². The number of hydrogen-bond donors (Lipinski definition) is 0. The standard InChI is InChI=1S/C34H47O3PSi2/c1-11-37-32(36)34(5,30(35)31(39(6,7)8)40(9,10)33(2,3)4)38(27-21-15-12-16-22-27,28-23-17-13-18-24-28)29-25-19-14-20-26-29/h12-26H,11H2,1-10H3/b31-30-. The molecule has 3 aromatic rings. The van der Waals surface area contributed by atoms with E-state index in [0.717, 1.165) is 20.7 Å². The predicted octanol–water partition coefficient (Wildman–Crippen LogP) is 6.84. The molecule has 0 aliphatic carbocycles. The lowest BCUT2D eigenvalue weighted by molar-refractivity contribution is -0.310. The van der Waals surface area contributed by atoms with Gasteiger partial charge in [-0.2, -0.15) is 0 Å². The highest BCUT2D eigenvalue weighted by molar-refractivity contribution is 7.97. The van der Waals surface area contributed by atoms with Crippen molar-refractivity contribution in [1.82, 2.24) is 0 Å². The summed E-state index contributed by atoms with van der Waals surface area (Å²) in [5.74, 6) is -0.444. The highest BCUT2D eigenvalue weighted by Gasteiger charge is 2.66. The molecule has 3 nitrogen and oxygen atoms in total. The number of ether oxygens (including phenoxy) is 1. The number of esters is 1. The van der Waals surface area contributed by atoms with Crippen molar-refractivity contribution >= 4 is 45.3 Å². The third-order valence-electron chi connectivity index (χ3n) is 8.69. The molecular weight excluding hydrogens is 544 g/mol. The van der Waals surface area contributed by atoms with E-state index < -0.39 is 34.5 Å². The van der Waals surface area contributed by atoms with Crippen molar-refractivity contribution in [1.29, 1.82) is 0 Å². The molecule has 0 spiro atoms. The van der Waals surface area contributed by atoms with Gasteiger partial charge < -0.3 is 9.84 Å². The molecule has 1 atom stereocenters. The minimum atomic E-state index is -2.96. The molecule has 0 saturated heterocycles. The Morgan fingerprint density at radius 1 is 0.725 bits per heavy atom. The lowest BCUT2D eigenvalue weighted by Crippen LogP contribution is -2.59. The van der Waals surface area contributed by atoms with Crippen LogP contribution in [-0.2, 0) is 9.53 Å². The van der Waals surface area contributed by atoms with Gasteiger partial charge in [0, 0.05) is 0 Å². The van der Waals surface area contributed by atoms with Crippen LogP contribution < -0.4 is 21.0 Å². The molecule has 0 aliphatic heterocycles. The maximum Gasteiger partial charge on any atom is 0.354 e. The van der Waals surface area contributed by atoms with Crippen molar-refractivity contribution in [2.75, 3.05) is 6.61 Å². The van der Waals surface area contributed by atoms with Crippen LogP contribution in [0, 0.1) is 0 Å². The summed E-state index contributed by atoms with van der Waals surface area (Å²) >= 11 is 0. The van der Waals surface area contributed by atoms with Gasteiger partial charge in [0.25, 0.3) is 0 Å². The average molecular weight is 591 g/mol. The number of benzene rings is 3. The first kappa shape index (κ1) is 32.1. The van der Waals surface area contributed by atoms with Crippen LogP contribution in [0.2, 0.25) is 37.8 Å². The third-order valence-corrected chi connectivity index (χ3v) is 24.7. The fraction of sp³-hybridized carbons (Fsp3) is 0.382. The van der Waals surface area contributed by atoms with Crippen LogP contribution in [0.3, 0.4) is 0 Å². The van der Waals surface area contributed by atoms with Crippen LogP contribution in [0.5, 0.6) is 0 Å². The Labute approximate surface area is 245 Å². The molecule has 40 heavy (non-hydrogen) atoms. The second-order valence-corrected chi connectivity index (χ2v) is 27.8.